The molecule has 0 aromatic carbocycles. The molecule has 2 aromatic heterocycles. The van der Waals surface area contributed by atoms with Crippen LogP contribution in [0.25, 0.3) is 11.4 Å². The Morgan fingerprint density at radius 3 is 2.82 bits per heavy atom. The van der Waals surface area contributed by atoms with Crippen molar-refractivity contribution in [2.24, 2.45) is 0 Å². The third-order valence-electron chi connectivity index (χ3n) is 5.37. The Morgan fingerprint density at radius 1 is 1.32 bits per heavy atom. The number of rotatable bonds is 5. The topological polar surface area (TPSA) is 109 Å². The Hall–Kier alpha value is -2.36. The van der Waals surface area contributed by atoms with E-state index in [1.165, 1.54) is 0 Å². The van der Waals surface area contributed by atoms with E-state index in [1.54, 1.807) is 19.5 Å². The molecule has 0 radical (unpaired) electrons. The zero-order valence-electron chi connectivity index (χ0n) is 16.5. The number of hydrogen-bond donors (Lipinski definition) is 1. The number of hydrogen-bond acceptors (Lipinski definition) is 9. The lowest BCUT2D eigenvalue weighted by Gasteiger charge is -2.35. The Bertz CT molecular complexity index is 846. The first-order valence-electron chi connectivity index (χ1n) is 9.48. The van der Waals surface area contributed by atoms with Gasteiger partial charge in [-0.3, -0.25) is 0 Å². The first kappa shape index (κ1) is 19.0. The predicted molar refractivity (Wildman–Crippen MR) is 104 cm³/mol. The lowest BCUT2D eigenvalue weighted by atomic mass is 9.96. The van der Waals surface area contributed by atoms with Gasteiger partial charge in [0.1, 0.15) is 11.4 Å². The maximum atomic E-state index is 6.20. The molecule has 0 amide bonds. The van der Waals surface area contributed by atoms with E-state index < -0.39 is 5.60 Å². The van der Waals surface area contributed by atoms with Crippen LogP contribution in [0.3, 0.4) is 0 Å². The summed E-state index contributed by atoms with van der Waals surface area (Å²) in [6.07, 6.45) is 4.01. The van der Waals surface area contributed by atoms with Gasteiger partial charge in [0, 0.05) is 44.6 Å². The minimum atomic E-state index is -0.526. The number of anilines is 2. The van der Waals surface area contributed by atoms with Gasteiger partial charge in [-0.15, -0.1) is 0 Å². The third kappa shape index (κ3) is 3.41. The van der Waals surface area contributed by atoms with E-state index in [2.05, 4.69) is 28.7 Å². The zero-order chi connectivity index (χ0) is 19.7. The second kappa shape index (κ2) is 7.57. The molecule has 1 fully saturated rings. The monoisotopic (exact) mass is 386 g/mol. The van der Waals surface area contributed by atoms with Crippen molar-refractivity contribution in [2.75, 3.05) is 44.1 Å². The first-order chi connectivity index (χ1) is 13.5. The average Bonchev–Trinajstić information content (AvgIpc) is 3.04. The molecule has 0 unspecified atom stereocenters. The highest BCUT2D eigenvalue weighted by Gasteiger charge is 2.41. The van der Waals surface area contributed by atoms with Crippen LogP contribution in [0.5, 0.6) is 0 Å². The second-order valence-electron chi connectivity index (χ2n) is 7.41. The lowest BCUT2D eigenvalue weighted by molar-refractivity contribution is -0.0448. The van der Waals surface area contributed by atoms with Crippen molar-refractivity contribution in [1.29, 1.82) is 0 Å². The molecule has 0 saturated carbocycles. The van der Waals surface area contributed by atoms with Crippen LogP contribution in [0, 0.1) is 0 Å². The Labute approximate surface area is 164 Å². The van der Waals surface area contributed by atoms with E-state index in [9.17, 15) is 0 Å². The molecular formula is C19H26N6O3. The molecule has 2 N–H and O–H groups in total. The molecule has 0 aliphatic carbocycles. The number of methoxy groups -OCH3 is 1. The first-order valence-corrected chi connectivity index (χ1v) is 9.48. The number of morpholine rings is 1. The molecule has 2 atom stereocenters. The number of fused-ring (bicyclic) bond motifs is 1. The van der Waals surface area contributed by atoms with Crippen molar-refractivity contribution in [2.45, 2.75) is 38.5 Å². The van der Waals surface area contributed by atoms with Crippen LogP contribution in [-0.2, 0) is 26.4 Å². The SMILES string of the molecule is COCC[C@@]1(C)OCc2c(N3CCOC[C@@H]3C)nc(-c3cnc(N)nc3)nc21. The van der Waals surface area contributed by atoms with Crippen molar-refractivity contribution in [3.8, 4) is 11.4 Å². The standard InChI is InChI=1S/C19H26N6O3/c1-12-10-27-7-5-25(12)17-14-11-28-19(2,4-6-26-3)15(14)23-16(24-17)13-8-21-18(20)22-9-13/h8-9,12H,4-7,10-11H2,1-3H3,(H2,20,21,22)/t12-,19+/m0/s1. The van der Waals surface area contributed by atoms with E-state index in [0.29, 0.717) is 38.7 Å². The predicted octanol–water partition coefficient (Wildman–Crippen LogP) is 1.52. The summed E-state index contributed by atoms with van der Waals surface area (Å²) in [6, 6.07) is 0.217. The molecule has 0 bridgehead atoms. The van der Waals surface area contributed by atoms with Crippen molar-refractivity contribution in [1.82, 2.24) is 19.9 Å². The summed E-state index contributed by atoms with van der Waals surface area (Å²) < 4.78 is 17.1. The van der Waals surface area contributed by atoms with Gasteiger partial charge in [0.15, 0.2) is 5.82 Å². The van der Waals surface area contributed by atoms with Crippen LogP contribution in [0.1, 0.15) is 31.5 Å². The molecule has 28 heavy (non-hydrogen) atoms. The number of aromatic nitrogens is 4. The Balaban J connectivity index is 1.83. The van der Waals surface area contributed by atoms with Crippen molar-refractivity contribution in [3.05, 3.63) is 23.7 Å². The highest BCUT2D eigenvalue weighted by Crippen LogP contribution is 2.42. The van der Waals surface area contributed by atoms with Crippen LogP contribution in [-0.4, -0.2) is 59.5 Å². The van der Waals surface area contributed by atoms with Gasteiger partial charge in [-0.25, -0.2) is 19.9 Å². The minimum Gasteiger partial charge on any atom is -0.385 e. The van der Waals surface area contributed by atoms with Crippen LogP contribution >= 0.6 is 0 Å². The Kier molecular flexibility index (Phi) is 5.13. The fourth-order valence-corrected chi connectivity index (χ4v) is 3.69. The minimum absolute atomic E-state index is 0.217. The summed E-state index contributed by atoms with van der Waals surface area (Å²) in [6.45, 7) is 7.38. The zero-order valence-corrected chi connectivity index (χ0v) is 16.5. The van der Waals surface area contributed by atoms with Crippen molar-refractivity contribution >= 4 is 11.8 Å². The third-order valence-corrected chi connectivity index (χ3v) is 5.37. The van der Waals surface area contributed by atoms with Gasteiger partial charge in [-0.05, 0) is 13.8 Å². The van der Waals surface area contributed by atoms with Crippen molar-refractivity contribution < 1.29 is 14.2 Å². The summed E-state index contributed by atoms with van der Waals surface area (Å²) in [4.78, 5) is 20.2. The highest BCUT2D eigenvalue weighted by atomic mass is 16.5. The molecule has 4 rings (SSSR count). The largest absolute Gasteiger partial charge is 0.385 e. The molecule has 4 heterocycles. The highest BCUT2D eigenvalue weighted by molar-refractivity contribution is 5.61. The van der Waals surface area contributed by atoms with E-state index in [-0.39, 0.29) is 12.0 Å². The van der Waals surface area contributed by atoms with E-state index in [4.69, 9.17) is 29.9 Å². The van der Waals surface area contributed by atoms with Crippen molar-refractivity contribution in [3.63, 3.8) is 0 Å². The summed E-state index contributed by atoms with van der Waals surface area (Å²) in [5.41, 5.74) is 7.77. The van der Waals surface area contributed by atoms with Crippen LogP contribution < -0.4 is 10.6 Å². The van der Waals surface area contributed by atoms with Crippen LogP contribution in [0.2, 0.25) is 0 Å². The van der Waals surface area contributed by atoms with Gasteiger partial charge in [0.25, 0.3) is 0 Å². The molecule has 0 spiro atoms. The van der Waals surface area contributed by atoms with E-state index in [1.807, 2.05) is 0 Å². The van der Waals surface area contributed by atoms with Gasteiger partial charge in [-0.1, -0.05) is 0 Å². The fraction of sp³-hybridized carbons (Fsp3) is 0.579. The van der Waals surface area contributed by atoms with E-state index in [0.717, 1.165) is 29.2 Å². The molecule has 2 aliphatic rings. The van der Waals surface area contributed by atoms with Crippen LogP contribution in [0.15, 0.2) is 12.4 Å². The summed E-state index contributed by atoms with van der Waals surface area (Å²) in [5, 5.41) is 0. The van der Waals surface area contributed by atoms with Gasteiger partial charge < -0.3 is 24.8 Å². The number of nitrogens with two attached hydrogens (primary N) is 1. The molecule has 150 valence electrons. The molecule has 9 nitrogen and oxygen atoms in total. The number of ether oxygens (including phenoxy) is 3. The second-order valence-corrected chi connectivity index (χ2v) is 7.41. The summed E-state index contributed by atoms with van der Waals surface area (Å²) in [5.74, 6) is 1.69. The Morgan fingerprint density at radius 2 is 2.11 bits per heavy atom. The molecule has 2 aromatic rings. The van der Waals surface area contributed by atoms with Gasteiger partial charge in [0.05, 0.1) is 37.1 Å². The lowest BCUT2D eigenvalue weighted by Crippen LogP contribution is -2.44. The maximum Gasteiger partial charge on any atom is 0.219 e. The smallest absolute Gasteiger partial charge is 0.219 e. The summed E-state index contributed by atoms with van der Waals surface area (Å²) in [7, 11) is 1.69. The van der Waals surface area contributed by atoms with Gasteiger partial charge in [-0.2, -0.15) is 0 Å². The number of nitrogen functional groups attached to an aromatic ring is 1. The number of nitrogens with zero attached hydrogens (tertiary/aromatic N) is 5. The average molecular weight is 386 g/mol. The molecule has 1 saturated heterocycles. The van der Waals surface area contributed by atoms with Gasteiger partial charge in [0.2, 0.25) is 5.95 Å². The molecule has 2 aliphatic heterocycles. The normalized spacial score (nSPS) is 24.4. The quantitative estimate of drug-likeness (QED) is 0.818. The fourth-order valence-electron chi connectivity index (χ4n) is 3.69. The van der Waals surface area contributed by atoms with Gasteiger partial charge >= 0.3 is 0 Å². The summed E-state index contributed by atoms with van der Waals surface area (Å²) >= 11 is 0. The molecular weight excluding hydrogens is 360 g/mol. The van der Waals surface area contributed by atoms with Crippen LogP contribution in [0.4, 0.5) is 11.8 Å². The molecule has 9 heteroatoms. The van der Waals surface area contributed by atoms with E-state index >= 15 is 0 Å². The maximum absolute atomic E-state index is 6.20.